The van der Waals surface area contributed by atoms with E-state index in [4.69, 9.17) is 5.11 Å². The second-order valence-electron chi connectivity index (χ2n) is 5.95. The van der Waals surface area contributed by atoms with Crippen LogP contribution in [0.3, 0.4) is 0 Å². The molecule has 1 atom stereocenters. The van der Waals surface area contributed by atoms with E-state index in [-0.39, 0.29) is 12.5 Å². The average Bonchev–Trinajstić information content (AvgIpc) is 2.93. The summed E-state index contributed by atoms with van der Waals surface area (Å²) < 4.78 is 1.71. The molecule has 6 heteroatoms. The van der Waals surface area contributed by atoms with Crippen LogP contribution in [0, 0.1) is 0 Å². The van der Waals surface area contributed by atoms with Crippen molar-refractivity contribution in [3.63, 3.8) is 0 Å². The normalized spacial score (nSPS) is 13.4. The molecule has 124 valence electrons. The van der Waals surface area contributed by atoms with Crippen LogP contribution in [0.1, 0.15) is 37.0 Å². The van der Waals surface area contributed by atoms with Crippen molar-refractivity contribution in [3.05, 3.63) is 42.2 Å². The number of nitrogens with zero attached hydrogens (tertiary/aromatic N) is 2. The predicted molar refractivity (Wildman–Crippen MR) is 90.8 cm³/mol. The SMILES string of the molecule is CCC(C)(CCO)NC(=O)c1cccc(Nc2cnn(C)c2)c1. The number of aliphatic hydroxyl groups excluding tert-OH is 1. The third-order valence-electron chi connectivity index (χ3n) is 3.98. The quantitative estimate of drug-likeness (QED) is 0.733. The Morgan fingerprint density at radius 2 is 2.17 bits per heavy atom. The lowest BCUT2D eigenvalue weighted by atomic mass is 9.94. The summed E-state index contributed by atoms with van der Waals surface area (Å²) in [4.78, 5) is 12.5. The van der Waals surface area contributed by atoms with E-state index in [0.717, 1.165) is 17.8 Å². The number of rotatable bonds is 7. The van der Waals surface area contributed by atoms with Crippen molar-refractivity contribution in [2.45, 2.75) is 32.2 Å². The van der Waals surface area contributed by atoms with Gasteiger partial charge in [-0.15, -0.1) is 0 Å². The zero-order chi connectivity index (χ0) is 16.9. The van der Waals surface area contributed by atoms with Crippen LogP contribution >= 0.6 is 0 Å². The molecule has 2 aromatic rings. The molecule has 0 aliphatic heterocycles. The highest BCUT2D eigenvalue weighted by Gasteiger charge is 2.24. The molecule has 3 N–H and O–H groups in total. The number of aryl methyl sites for hydroxylation is 1. The van der Waals surface area contributed by atoms with Crippen molar-refractivity contribution in [1.82, 2.24) is 15.1 Å². The number of carbonyl (C=O) groups excluding carboxylic acids is 1. The van der Waals surface area contributed by atoms with Crippen LogP contribution in [0.25, 0.3) is 0 Å². The summed E-state index contributed by atoms with van der Waals surface area (Å²) in [5.74, 6) is -0.141. The van der Waals surface area contributed by atoms with Crippen molar-refractivity contribution < 1.29 is 9.90 Å². The van der Waals surface area contributed by atoms with E-state index in [9.17, 15) is 4.79 Å². The molecule has 1 aromatic carbocycles. The molecule has 1 heterocycles. The summed E-state index contributed by atoms with van der Waals surface area (Å²) in [6.45, 7) is 3.99. The van der Waals surface area contributed by atoms with Gasteiger partial charge < -0.3 is 15.7 Å². The first-order valence-corrected chi connectivity index (χ1v) is 7.75. The lowest BCUT2D eigenvalue weighted by Crippen LogP contribution is -2.46. The summed E-state index contributed by atoms with van der Waals surface area (Å²) >= 11 is 0. The molecule has 0 spiro atoms. The van der Waals surface area contributed by atoms with Gasteiger partial charge in [-0.3, -0.25) is 9.48 Å². The largest absolute Gasteiger partial charge is 0.396 e. The van der Waals surface area contributed by atoms with Crippen molar-refractivity contribution >= 4 is 17.3 Å². The van der Waals surface area contributed by atoms with Crippen LogP contribution in [-0.2, 0) is 7.05 Å². The van der Waals surface area contributed by atoms with Gasteiger partial charge in [0, 0.05) is 36.6 Å². The summed E-state index contributed by atoms with van der Waals surface area (Å²) in [6.07, 6.45) is 4.88. The van der Waals surface area contributed by atoms with E-state index >= 15 is 0 Å². The topological polar surface area (TPSA) is 79.2 Å². The zero-order valence-corrected chi connectivity index (χ0v) is 13.8. The van der Waals surface area contributed by atoms with Crippen LogP contribution in [0.5, 0.6) is 0 Å². The molecule has 23 heavy (non-hydrogen) atoms. The van der Waals surface area contributed by atoms with Gasteiger partial charge in [0.15, 0.2) is 0 Å². The molecule has 1 aromatic heterocycles. The summed E-state index contributed by atoms with van der Waals surface area (Å²) in [5.41, 5.74) is 1.87. The number of aliphatic hydroxyl groups is 1. The number of carbonyl (C=O) groups is 1. The molecule has 1 unspecified atom stereocenters. The van der Waals surface area contributed by atoms with Gasteiger partial charge in [0.25, 0.3) is 5.91 Å². The van der Waals surface area contributed by atoms with E-state index in [1.165, 1.54) is 0 Å². The van der Waals surface area contributed by atoms with Crippen molar-refractivity contribution in [2.75, 3.05) is 11.9 Å². The highest BCUT2D eigenvalue weighted by molar-refractivity contribution is 5.95. The van der Waals surface area contributed by atoms with Gasteiger partial charge in [0.2, 0.25) is 0 Å². The minimum atomic E-state index is -0.404. The van der Waals surface area contributed by atoms with Crippen LogP contribution in [0.2, 0.25) is 0 Å². The number of anilines is 2. The number of hydrogen-bond acceptors (Lipinski definition) is 4. The van der Waals surface area contributed by atoms with Gasteiger partial charge in [-0.05, 0) is 38.0 Å². The first kappa shape index (κ1) is 17.0. The highest BCUT2D eigenvalue weighted by atomic mass is 16.3. The highest BCUT2D eigenvalue weighted by Crippen LogP contribution is 2.19. The molecule has 2 rings (SSSR count). The smallest absolute Gasteiger partial charge is 0.251 e. The Balaban J connectivity index is 2.10. The Kier molecular flexibility index (Phi) is 5.39. The summed E-state index contributed by atoms with van der Waals surface area (Å²) in [5, 5.41) is 19.5. The second-order valence-corrected chi connectivity index (χ2v) is 5.95. The fourth-order valence-electron chi connectivity index (χ4n) is 2.31. The first-order chi connectivity index (χ1) is 11.0. The first-order valence-electron chi connectivity index (χ1n) is 7.75. The molecular weight excluding hydrogens is 292 g/mol. The fourth-order valence-corrected chi connectivity index (χ4v) is 2.31. The molecule has 0 saturated carbocycles. The van der Waals surface area contributed by atoms with Gasteiger partial charge in [-0.2, -0.15) is 5.10 Å². The van der Waals surface area contributed by atoms with Crippen molar-refractivity contribution in [3.8, 4) is 0 Å². The van der Waals surface area contributed by atoms with Gasteiger partial charge >= 0.3 is 0 Å². The maximum atomic E-state index is 12.5. The monoisotopic (exact) mass is 316 g/mol. The lowest BCUT2D eigenvalue weighted by Gasteiger charge is -2.29. The molecule has 0 saturated heterocycles. The molecular formula is C17H24N4O2. The van der Waals surface area contributed by atoms with Crippen LogP contribution in [0.4, 0.5) is 11.4 Å². The summed E-state index contributed by atoms with van der Waals surface area (Å²) in [6, 6.07) is 7.32. The molecule has 0 fully saturated rings. The van der Waals surface area contributed by atoms with Gasteiger partial charge in [-0.25, -0.2) is 0 Å². The van der Waals surface area contributed by atoms with Gasteiger partial charge in [0.05, 0.1) is 11.9 Å². The Labute approximate surface area is 136 Å². The molecule has 6 nitrogen and oxygen atoms in total. The van der Waals surface area contributed by atoms with E-state index in [2.05, 4.69) is 15.7 Å². The Morgan fingerprint density at radius 3 is 2.78 bits per heavy atom. The number of amides is 1. The number of aromatic nitrogens is 2. The van der Waals surface area contributed by atoms with Crippen LogP contribution < -0.4 is 10.6 Å². The maximum Gasteiger partial charge on any atom is 0.251 e. The summed E-state index contributed by atoms with van der Waals surface area (Å²) in [7, 11) is 1.85. The van der Waals surface area contributed by atoms with E-state index in [1.54, 1.807) is 23.0 Å². The average molecular weight is 316 g/mol. The van der Waals surface area contributed by atoms with Crippen molar-refractivity contribution in [2.24, 2.45) is 7.05 Å². The third kappa shape index (κ3) is 4.56. The molecule has 0 aliphatic rings. The van der Waals surface area contributed by atoms with Gasteiger partial charge in [0.1, 0.15) is 0 Å². The molecule has 0 radical (unpaired) electrons. The van der Waals surface area contributed by atoms with Crippen molar-refractivity contribution in [1.29, 1.82) is 0 Å². The number of benzene rings is 1. The number of hydrogen-bond donors (Lipinski definition) is 3. The molecule has 0 aliphatic carbocycles. The molecule has 0 bridgehead atoms. The zero-order valence-electron chi connectivity index (χ0n) is 13.8. The second kappa shape index (κ2) is 7.28. The predicted octanol–water partition coefficient (Wildman–Crippen LogP) is 2.44. The number of nitrogens with one attached hydrogen (secondary N) is 2. The van der Waals surface area contributed by atoms with Crippen LogP contribution in [0.15, 0.2) is 36.7 Å². The van der Waals surface area contributed by atoms with Gasteiger partial charge in [-0.1, -0.05) is 13.0 Å². The minimum Gasteiger partial charge on any atom is -0.396 e. The third-order valence-corrected chi connectivity index (χ3v) is 3.98. The fraction of sp³-hybridized carbons (Fsp3) is 0.412. The lowest BCUT2D eigenvalue weighted by molar-refractivity contribution is 0.0886. The maximum absolute atomic E-state index is 12.5. The van der Waals surface area contributed by atoms with E-state index in [0.29, 0.717) is 12.0 Å². The Morgan fingerprint density at radius 1 is 1.39 bits per heavy atom. The van der Waals surface area contributed by atoms with Crippen LogP contribution in [-0.4, -0.2) is 32.9 Å². The minimum absolute atomic E-state index is 0.0488. The Bertz CT molecular complexity index is 668. The van der Waals surface area contributed by atoms with E-state index < -0.39 is 5.54 Å². The van der Waals surface area contributed by atoms with E-state index in [1.807, 2.05) is 39.2 Å². The Hall–Kier alpha value is -2.34. The molecule has 1 amide bonds. The standard InChI is InChI=1S/C17H24N4O2/c1-4-17(2,8-9-22)20-16(23)13-6-5-7-14(10-13)19-15-11-18-21(3)12-15/h5-7,10-12,19,22H,4,8-9H2,1-3H3,(H,20,23).